The highest BCUT2D eigenvalue weighted by molar-refractivity contribution is 6.76. The van der Waals surface area contributed by atoms with Crippen LogP contribution in [0.15, 0.2) is 0 Å². The molecule has 1 rings (SSSR count). The minimum atomic E-state index is -0.998. The molecule has 78 valence electrons. The van der Waals surface area contributed by atoms with Crippen molar-refractivity contribution in [3.05, 3.63) is 0 Å². The summed E-state index contributed by atoms with van der Waals surface area (Å²) in [5.74, 6) is 0. The van der Waals surface area contributed by atoms with E-state index in [1.165, 1.54) is 18.9 Å². The van der Waals surface area contributed by atoms with Crippen molar-refractivity contribution < 1.29 is 4.74 Å². The van der Waals surface area contributed by atoms with Gasteiger partial charge in [0.05, 0.1) is 6.61 Å². The molecule has 0 aliphatic carbocycles. The second-order valence-electron chi connectivity index (χ2n) is 5.60. The van der Waals surface area contributed by atoms with E-state index in [9.17, 15) is 0 Å². The molecule has 1 atom stereocenters. The van der Waals surface area contributed by atoms with Gasteiger partial charge in [-0.3, -0.25) is 0 Å². The largest absolute Gasteiger partial charge is 0.381 e. The van der Waals surface area contributed by atoms with Crippen LogP contribution in [-0.2, 0) is 4.74 Å². The summed E-state index contributed by atoms with van der Waals surface area (Å²) in [7, 11) is -0.998. The van der Waals surface area contributed by atoms with E-state index in [-0.39, 0.29) is 0 Å². The second-order valence-corrected chi connectivity index (χ2v) is 11.1. The Morgan fingerprint density at radius 3 is 2.46 bits per heavy atom. The van der Waals surface area contributed by atoms with Gasteiger partial charge < -0.3 is 10.5 Å². The molecule has 1 unspecified atom stereocenters. The predicted octanol–water partition coefficient (Wildman–Crippen LogP) is 2.08. The fourth-order valence-electron chi connectivity index (χ4n) is 2.41. The van der Waals surface area contributed by atoms with Crippen LogP contribution in [0.2, 0.25) is 25.7 Å². The fraction of sp³-hybridized carbons (Fsp3) is 1.00. The van der Waals surface area contributed by atoms with E-state index in [4.69, 9.17) is 10.5 Å². The third kappa shape index (κ3) is 3.41. The number of hydrogen-bond acceptors (Lipinski definition) is 2. The third-order valence-corrected chi connectivity index (χ3v) is 4.55. The molecule has 1 fully saturated rings. The summed E-state index contributed by atoms with van der Waals surface area (Å²) in [5, 5.41) is 0. The molecular weight excluding hydrogens is 178 g/mol. The van der Waals surface area contributed by atoms with Crippen molar-refractivity contribution in [2.75, 3.05) is 19.8 Å². The second kappa shape index (κ2) is 4.11. The zero-order valence-corrected chi connectivity index (χ0v) is 10.2. The summed E-state index contributed by atoms with van der Waals surface area (Å²) < 4.78 is 5.56. The van der Waals surface area contributed by atoms with Crippen LogP contribution in [-0.4, -0.2) is 27.8 Å². The molecule has 1 aliphatic rings. The maximum atomic E-state index is 5.89. The third-order valence-electron chi connectivity index (χ3n) is 2.74. The molecule has 1 aliphatic heterocycles. The van der Waals surface area contributed by atoms with Crippen molar-refractivity contribution in [1.29, 1.82) is 0 Å². The Hall–Kier alpha value is 0.137. The molecule has 1 saturated heterocycles. The Morgan fingerprint density at radius 1 is 1.38 bits per heavy atom. The molecule has 0 radical (unpaired) electrons. The average molecular weight is 201 g/mol. The molecule has 0 aromatic carbocycles. The first-order chi connectivity index (χ1) is 5.97. The summed E-state index contributed by atoms with van der Waals surface area (Å²) in [6.45, 7) is 9.88. The van der Waals surface area contributed by atoms with Crippen LogP contribution in [0.1, 0.15) is 12.8 Å². The summed E-state index contributed by atoms with van der Waals surface area (Å²) in [6.07, 6.45) is 2.47. The highest BCUT2D eigenvalue weighted by Gasteiger charge is 2.35. The zero-order valence-electron chi connectivity index (χ0n) is 9.23. The lowest BCUT2D eigenvalue weighted by molar-refractivity contribution is 0.00685. The summed E-state index contributed by atoms with van der Waals surface area (Å²) in [4.78, 5) is 0. The van der Waals surface area contributed by atoms with Crippen LogP contribution in [0.4, 0.5) is 0 Å². The first-order valence-corrected chi connectivity index (χ1v) is 8.96. The lowest BCUT2D eigenvalue weighted by atomic mass is 9.85. The van der Waals surface area contributed by atoms with E-state index in [1.54, 1.807) is 0 Å². The zero-order chi connectivity index (χ0) is 9.95. The van der Waals surface area contributed by atoms with E-state index >= 15 is 0 Å². The standard InChI is InChI=1S/C10H23NOSi/c1-13(2,3)9-10(7-11)5-4-6-12-8-10/h4-9,11H2,1-3H3. The van der Waals surface area contributed by atoms with Gasteiger partial charge in [-0.15, -0.1) is 0 Å². The molecule has 0 saturated carbocycles. The van der Waals surface area contributed by atoms with Crippen molar-refractivity contribution in [1.82, 2.24) is 0 Å². The highest BCUT2D eigenvalue weighted by atomic mass is 28.3. The van der Waals surface area contributed by atoms with Crippen LogP contribution in [0.3, 0.4) is 0 Å². The van der Waals surface area contributed by atoms with Gasteiger partial charge >= 0.3 is 0 Å². The Balaban J connectivity index is 2.57. The van der Waals surface area contributed by atoms with Gasteiger partial charge in [-0.25, -0.2) is 0 Å². The lowest BCUT2D eigenvalue weighted by Gasteiger charge is -2.39. The van der Waals surface area contributed by atoms with Crippen LogP contribution in [0, 0.1) is 5.41 Å². The molecule has 1 heterocycles. The molecule has 0 aromatic heterocycles. The van der Waals surface area contributed by atoms with E-state index < -0.39 is 8.07 Å². The van der Waals surface area contributed by atoms with E-state index in [1.807, 2.05) is 0 Å². The van der Waals surface area contributed by atoms with Gasteiger partial charge in [0.1, 0.15) is 0 Å². The van der Waals surface area contributed by atoms with Crippen molar-refractivity contribution in [2.45, 2.75) is 38.5 Å². The molecule has 2 nitrogen and oxygen atoms in total. The van der Waals surface area contributed by atoms with Crippen molar-refractivity contribution >= 4 is 8.07 Å². The maximum Gasteiger partial charge on any atom is 0.0531 e. The van der Waals surface area contributed by atoms with Gasteiger partial charge in [-0.2, -0.15) is 0 Å². The molecule has 0 amide bonds. The molecule has 0 aromatic rings. The average Bonchev–Trinajstić information content (AvgIpc) is 2.03. The number of ether oxygens (including phenoxy) is 1. The topological polar surface area (TPSA) is 35.2 Å². The quantitative estimate of drug-likeness (QED) is 0.710. The Morgan fingerprint density at radius 2 is 2.08 bits per heavy atom. The Labute approximate surface area is 82.9 Å². The van der Waals surface area contributed by atoms with Gasteiger partial charge in [-0.1, -0.05) is 19.6 Å². The molecular formula is C10H23NOSi. The van der Waals surface area contributed by atoms with E-state index in [0.29, 0.717) is 5.41 Å². The summed E-state index contributed by atoms with van der Waals surface area (Å²) in [6, 6.07) is 1.32. The SMILES string of the molecule is C[Si](C)(C)CC1(CN)CCCOC1. The van der Waals surface area contributed by atoms with Crippen molar-refractivity contribution in [3.8, 4) is 0 Å². The van der Waals surface area contributed by atoms with Crippen LogP contribution < -0.4 is 5.73 Å². The van der Waals surface area contributed by atoms with Gasteiger partial charge in [0.25, 0.3) is 0 Å². The Bertz CT molecular complexity index is 159. The molecule has 0 bridgehead atoms. The summed E-state index contributed by atoms with van der Waals surface area (Å²) >= 11 is 0. The van der Waals surface area contributed by atoms with Crippen molar-refractivity contribution in [3.63, 3.8) is 0 Å². The minimum absolute atomic E-state index is 0.322. The fourth-order valence-corrected chi connectivity index (χ4v) is 5.08. The lowest BCUT2D eigenvalue weighted by Crippen LogP contribution is -2.43. The molecule has 2 N–H and O–H groups in total. The smallest absolute Gasteiger partial charge is 0.0531 e. The monoisotopic (exact) mass is 201 g/mol. The highest BCUT2D eigenvalue weighted by Crippen LogP contribution is 2.35. The predicted molar refractivity (Wildman–Crippen MR) is 59.7 cm³/mol. The van der Waals surface area contributed by atoms with Gasteiger partial charge in [0, 0.05) is 20.1 Å². The Kier molecular flexibility index (Phi) is 3.55. The molecule has 13 heavy (non-hydrogen) atoms. The summed E-state index contributed by atoms with van der Waals surface area (Å²) in [5.41, 5.74) is 6.21. The van der Waals surface area contributed by atoms with Crippen LogP contribution in [0.5, 0.6) is 0 Å². The number of rotatable bonds is 3. The number of hydrogen-bond donors (Lipinski definition) is 1. The van der Waals surface area contributed by atoms with Gasteiger partial charge in [0.15, 0.2) is 0 Å². The van der Waals surface area contributed by atoms with Gasteiger partial charge in [-0.05, 0) is 25.4 Å². The molecule has 0 spiro atoms. The molecule has 3 heteroatoms. The van der Waals surface area contributed by atoms with E-state index in [0.717, 1.165) is 19.8 Å². The van der Waals surface area contributed by atoms with Gasteiger partial charge in [0.2, 0.25) is 0 Å². The normalized spacial score (nSPS) is 30.5. The van der Waals surface area contributed by atoms with Crippen LogP contribution >= 0.6 is 0 Å². The van der Waals surface area contributed by atoms with Crippen molar-refractivity contribution in [2.24, 2.45) is 11.1 Å². The van der Waals surface area contributed by atoms with Crippen LogP contribution in [0.25, 0.3) is 0 Å². The first kappa shape index (κ1) is 11.2. The first-order valence-electron chi connectivity index (χ1n) is 5.25. The minimum Gasteiger partial charge on any atom is -0.381 e. The van der Waals surface area contributed by atoms with E-state index in [2.05, 4.69) is 19.6 Å². The number of nitrogens with two attached hydrogens (primary N) is 1. The maximum absolute atomic E-state index is 5.89.